The summed E-state index contributed by atoms with van der Waals surface area (Å²) in [5.41, 5.74) is 1.83. The van der Waals surface area contributed by atoms with Crippen molar-refractivity contribution in [2.45, 2.75) is 22.1 Å². The zero-order valence-corrected chi connectivity index (χ0v) is 22.1. The van der Waals surface area contributed by atoms with Crippen LogP contribution in [0.2, 0.25) is 0 Å². The van der Waals surface area contributed by atoms with Crippen LogP contribution in [0, 0.1) is 6.92 Å². The van der Waals surface area contributed by atoms with Gasteiger partial charge in [0, 0.05) is 18.8 Å². The Morgan fingerprint density at radius 1 is 0.973 bits per heavy atom. The van der Waals surface area contributed by atoms with Gasteiger partial charge in [0.05, 0.1) is 16.3 Å². The summed E-state index contributed by atoms with van der Waals surface area (Å²) >= 11 is 0.697. The Kier molecular flexibility index (Phi) is 7.52. The Hall–Kier alpha value is -3.49. The number of thiazole rings is 1. The number of primary sulfonamides is 1. The van der Waals surface area contributed by atoms with Crippen molar-refractivity contribution in [2.75, 3.05) is 11.9 Å². The monoisotopic (exact) mass is 558 g/mol. The second kappa shape index (κ2) is 10.5. The number of aryl methyl sites for hydroxylation is 1. The highest BCUT2D eigenvalue weighted by Gasteiger charge is 2.33. The molecule has 2 aromatic carbocycles. The van der Waals surface area contributed by atoms with Gasteiger partial charge in [0.25, 0.3) is 16.0 Å². The molecule has 1 amide bonds. The summed E-state index contributed by atoms with van der Waals surface area (Å²) < 4.78 is 55.0. The number of hydrogen-bond donors (Lipinski definition) is 1. The van der Waals surface area contributed by atoms with Gasteiger partial charge in [0.1, 0.15) is 0 Å². The molecule has 0 radical (unpaired) electrons. The summed E-state index contributed by atoms with van der Waals surface area (Å²) in [7, 11) is -7.06. The molecule has 2 N–H and O–H groups in total. The minimum absolute atomic E-state index is 0.0161. The van der Waals surface area contributed by atoms with Gasteiger partial charge in [-0.2, -0.15) is 8.42 Å². The van der Waals surface area contributed by atoms with Crippen LogP contribution in [0.5, 0.6) is 0 Å². The number of carbonyl (C=O) groups is 1. The first-order valence-corrected chi connectivity index (χ1v) is 14.5. The fraction of sp³-hybridized carbons (Fsp3) is 0.125. The highest BCUT2D eigenvalue weighted by molar-refractivity contribution is 7.91. The van der Waals surface area contributed by atoms with E-state index in [1.807, 2.05) is 12.1 Å². The molecule has 4 rings (SSSR count). The first kappa shape index (κ1) is 26.6. The van der Waals surface area contributed by atoms with Gasteiger partial charge in [-0.25, -0.2) is 22.7 Å². The third-order valence-electron chi connectivity index (χ3n) is 5.27. The molecule has 4 aromatic rings. The molecular weight excluding hydrogens is 536 g/mol. The van der Waals surface area contributed by atoms with Crippen LogP contribution in [0.3, 0.4) is 0 Å². The zero-order chi connectivity index (χ0) is 26.8. The number of pyridine rings is 1. The molecule has 0 saturated carbocycles. The molecule has 0 aliphatic heterocycles. The van der Waals surface area contributed by atoms with Gasteiger partial charge in [-0.15, -0.1) is 0 Å². The van der Waals surface area contributed by atoms with Crippen molar-refractivity contribution in [3.8, 4) is 11.3 Å². The standard InChI is InChI=1S/C24H22N4O6S3/c1-16-23(36(25,30)31)35-24(27-16)28(2)22(29)21(34-37(32,33)19-8-4-3-5-9-19)18-13-11-17(12-14-18)20-10-6-7-15-26-20/h3-15,21H,1-2H3,(H2,25,30,31). The van der Waals surface area contributed by atoms with Gasteiger partial charge in [0.15, 0.2) is 15.4 Å². The molecule has 192 valence electrons. The molecule has 1 unspecified atom stereocenters. The van der Waals surface area contributed by atoms with Crippen LogP contribution in [0.4, 0.5) is 5.13 Å². The number of benzene rings is 2. The summed E-state index contributed by atoms with van der Waals surface area (Å²) in [6.45, 7) is 1.45. The lowest BCUT2D eigenvalue weighted by atomic mass is 10.0. The van der Waals surface area contributed by atoms with Gasteiger partial charge in [-0.05, 0) is 36.8 Å². The van der Waals surface area contributed by atoms with Crippen LogP contribution in [-0.4, -0.2) is 39.8 Å². The summed E-state index contributed by atoms with van der Waals surface area (Å²) in [5, 5.41) is 5.25. The van der Waals surface area contributed by atoms with E-state index in [-0.39, 0.29) is 25.5 Å². The van der Waals surface area contributed by atoms with Gasteiger partial charge in [-0.1, -0.05) is 59.9 Å². The van der Waals surface area contributed by atoms with Crippen molar-refractivity contribution in [3.63, 3.8) is 0 Å². The number of rotatable bonds is 8. The van der Waals surface area contributed by atoms with Crippen molar-refractivity contribution < 1.29 is 25.8 Å². The Morgan fingerprint density at radius 3 is 2.19 bits per heavy atom. The van der Waals surface area contributed by atoms with E-state index in [4.69, 9.17) is 9.32 Å². The van der Waals surface area contributed by atoms with Gasteiger partial charge < -0.3 is 0 Å². The van der Waals surface area contributed by atoms with Crippen LogP contribution in [-0.2, 0) is 29.1 Å². The Bertz CT molecular complexity index is 1620. The predicted molar refractivity (Wildman–Crippen MR) is 139 cm³/mol. The highest BCUT2D eigenvalue weighted by atomic mass is 32.2. The molecule has 0 aliphatic rings. The third-order valence-corrected chi connectivity index (χ3v) is 9.35. The van der Waals surface area contributed by atoms with Crippen molar-refractivity contribution in [2.24, 2.45) is 5.14 Å². The Morgan fingerprint density at radius 2 is 1.62 bits per heavy atom. The van der Waals surface area contributed by atoms with Gasteiger partial charge in [0.2, 0.25) is 10.0 Å². The van der Waals surface area contributed by atoms with E-state index in [2.05, 4.69) is 9.97 Å². The number of sulfonamides is 1. The minimum atomic E-state index is -4.35. The van der Waals surface area contributed by atoms with Crippen molar-refractivity contribution in [1.29, 1.82) is 0 Å². The second-order valence-electron chi connectivity index (χ2n) is 7.89. The molecule has 2 aromatic heterocycles. The van der Waals surface area contributed by atoms with Gasteiger partial charge >= 0.3 is 0 Å². The van der Waals surface area contributed by atoms with E-state index in [1.165, 1.54) is 38.2 Å². The molecule has 37 heavy (non-hydrogen) atoms. The molecule has 1 atom stereocenters. The first-order valence-electron chi connectivity index (χ1n) is 10.7. The maximum atomic E-state index is 13.6. The molecule has 0 aliphatic carbocycles. The third kappa shape index (κ3) is 5.92. The smallest absolute Gasteiger partial charge is 0.289 e. The van der Waals surface area contributed by atoms with E-state index in [1.54, 1.807) is 42.6 Å². The van der Waals surface area contributed by atoms with Crippen LogP contribution in [0.1, 0.15) is 17.4 Å². The van der Waals surface area contributed by atoms with E-state index < -0.39 is 32.2 Å². The number of aromatic nitrogens is 2. The summed E-state index contributed by atoms with van der Waals surface area (Å²) in [6.07, 6.45) is 0.0569. The van der Waals surface area contributed by atoms with Crippen LogP contribution < -0.4 is 10.0 Å². The number of nitrogens with two attached hydrogens (primary N) is 1. The van der Waals surface area contributed by atoms with Crippen LogP contribution in [0.15, 0.2) is 88.1 Å². The van der Waals surface area contributed by atoms with Crippen molar-refractivity contribution in [1.82, 2.24) is 9.97 Å². The fourth-order valence-corrected chi connectivity index (χ4v) is 6.38. The molecule has 13 heteroatoms. The lowest BCUT2D eigenvalue weighted by Gasteiger charge is -2.22. The van der Waals surface area contributed by atoms with E-state index in [0.29, 0.717) is 17.0 Å². The van der Waals surface area contributed by atoms with E-state index in [9.17, 15) is 21.6 Å². The molecule has 0 fully saturated rings. The maximum Gasteiger partial charge on any atom is 0.298 e. The molecule has 2 heterocycles. The van der Waals surface area contributed by atoms with Crippen LogP contribution >= 0.6 is 11.3 Å². The summed E-state index contributed by atoms with van der Waals surface area (Å²) in [4.78, 5) is 22.9. The zero-order valence-electron chi connectivity index (χ0n) is 19.7. The van der Waals surface area contributed by atoms with Crippen molar-refractivity contribution >= 4 is 42.5 Å². The second-order valence-corrected chi connectivity index (χ2v) is 12.2. The largest absolute Gasteiger partial charge is 0.298 e. The predicted octanol–water partition coefficient (Wildman–Crippen LogP) is 3.27. The highest BCUT2D eigenvalue weighted by Crippen LogP contribution is 2.33. The summed E-state index contributed by atoms with van der Waals surface area (Å²) in [5.74, 6) is -0.778. The molecular formula is C24H22N4O6S3. The SMILES string of the molecule is Cc1nc(N(C)C(=O)C(OS(=O)(=O)c2ccccc2)c2ccc(-c3ccccn3)cc2)sc1S(N)(=O)=O. The van der Waals surface area contributed by atoms with Gasteiger partial charge in [-0.3, -0.25) is 14.7 Å². The number of nitrogens with zero attached hydrogens (tertiary/aromatic N) is 3. The quantitative estimate of drug-likeness (QED) is 0.324. The van der Waals surface area contributed by atoms with Crippen molar-refractivity contribution in [3.05, 3.63) is 90.3 Å². The van der Waals surface area contributed by atoms with Crippen LogP contribution in [0.25, 0.3) is 11.3 Å². The molecule has 0 bridgehead atoms. The topological polar surface area (TPSA) is 150 Å². The Balaban J connectivity index is 1.73. The number of hydrogen-bond acceptors (Lipinski definition) is 9. The number of likely N-dealkylation sites (N-methyl/N-ethyl adjacent to an activating group) is 1. The average molecular weight is 559 g/mol. The maximum absolute atomic E-state index is 13.6. The number of anilines is 1. The first-order chi connectivity index (χ1) is 17.5. The average Bonchev–Trinajstić information content (AvgIpc) is 3.30. The van der Waals surface area contributed by atoms with E-state index >= 15 is 0 Å². The number of amides is 1. The minimum Gasteiger partial charge on any atom is -0.289 e. The normalized spacial score (nSPS) is 12.7. The molecule has 0 spiro atoms. The summed E-state index contributed by atoms with van der Waals surface area (Å²) in [6, 6.07) is 19.4. The number of carbonyl (C=O) groups excluding carboxylic acids is 1. The fourth-order valence-electron chi connectivity index (χ4n) is 3.42. The Labute approximate surface area is 218 Å². The van der Waals surface area contributed by atoms with E-state index in [0.717, 1.165) is 10.5 Å². The molecule has 10 nitrogen and oxygen atoms in total. The lowest BCUT2D eigenvalue weighted by Crippen LogP contribution is -2.34. The molecule has 0 saturated heterocycles. The lowest BCUT2D eigenvalue weighted by molar-refractivity contribution is -0.125.